The Hall–Kier alpha value is -6.68. The summed E-state index contributed by atoms with van der Waals surface area (Å²) in [5, 5.41) is 27.7. The lowest BCUT2D eigenvalue weighted by molar-refractivity contribution is -0.256. The molecule has 6 atom stereocenters. The number of benzene rings is 4. The molecule has 1 fully saturated rings. The Kier molecular flexibility index (Phi) is 18.1. The van der Waals surface area contributed by atoms with Crippen LogP contribution in [0.3, 0.4) is 0 Å². The highest BCUT2D eigenvalue weighted by molar-refractivity contribution is 6.03. The van der Waals surface area contributed by atoms with Crippen LogP contribution < -0.4 is 24.3 Å². The molecule has 3 aliphatic rings. The molecule has 1 aliphatic heterocycles. The van der Waals surface area contributed by atoms with E-state index in [4.69, 9.17) is 38.4 Å². The maximum Gasteiger partial charge on any atom is 0.417 e. The largest absolute Gasteiger partial charge is 0.497 e. The van der Waals surface area contributed by atoms with Gasteiger partial charge in [0.2, 0.25) is 5.79 Å². The molecule has 0 bridgehead atoms. The number of methoxy groups -OCH3 is 2. The van der Waals surface area contributed by atoms with Crippen molar-refractivity contribution in [1.29, 1.82) is 0 Å². The van der Waals surface area contributed by atoms with Crippen molar-refractivity contribution in [3.05, 3.63) is 150 Å². The van der Waals surface area contributed by atoms with Crippen LogP contribution in [-0.4, -0.2) is 85.5 Å². The first-order valence-corrected chi connectivity index (χ1v) is 23.9. The number of fused-ring (bicyclic) bond motifs is 2. The van der Waals surface area contributed by atoms with Crippen molar-refractivity contribution >= 4 is 23.6 Å². The number of halogens is 1. The average Bonchev–Trinajstić information content (AvgIpc) is 3.37. The minimum Gasteiger partial charge on any atom is -0.497 e. The van der Waals surface area contributed by atoms with E-state index in [1.54, 1.807) is 59.5 Å². The molecule has 0 saturated heterocycles. The molecule has 0 aromatic heterocycles. The lowest BCUT2D eigenvalue weighted by atomic mass is 9.55. The fraction of sp³-hybridized carbons (Fsp3) is 0.400. The van der Waals surface area contributed by atoms with Crippen LogP contribution in [0.4, 0.5) is 19.7 Å². The number of nitrogens with zero attached hydrogens (tertiary/aromatic N) is 2. The van der Waals surface area contributed by atoms with E-state index >= 15 is 0 Å². The van der Waals surface area contributed by atoms with Crippen molar-refractivity contribution in [1.82, 2.24) is 4.90 Å². The van der Waals surface area contributed by atoms with Crippen LogP contribution in [0.2, 0.25) is 0 Å². The molecule has 6 unspecified atom stereocenters. The number of amides is 2. The average molecular weight is 962 g/mol. The van der Waals surface area contributed by atoms with E-state index < -0.39 is 41.7 Å². The first kappa shape index (κ1) is 51.2. The summed E-state index contributed by atoms with van der Waals surface area (Å²) in [6.07, 6.45) is 8.64. The number of anilines is 1. The van der Waals surface area contributed by atoms with Gasteiger partial charge in [0.05, 0.1) is 44.8 Å². The van der Waals surface area contributed by atoms with Gasteiger partial charge in [-0.2, -0.15) is 0 Å². The lowest BCUT2D eigenvalue weighted by Crippen LogP contribution is -2.70. The van der Waals surface area contributed by atoms with Crippen LogP contribution in [0.15, 0.2) is 133 Å². The second kappa shape index (κ2) is 24.7. The summed E-state index contributed by atoms with van der Waals surface area (Å²) in [5.74, 6) is -1.70. The number of hydrogen-bond donors (Lipinski definition) is 3. The van der Waals surface area contributed by atoms with Crippen LogP contribution in [0, 0.1) is 23.6 Å². The third-order valence-corrected chi connectivity index (χ3v) is 13.2. The lowest BCUT2D eigenvalue weighted by Gasteiger charge is -2.59. The van der Waals surface area contributed by atoms with Crippen LogP contribution in [0.25, 0.3) is 0 Å². The molecule has 2 amide bonds. The molecule has 2 aliphatic carbocycles. The third kappa shape index (κ3) is 12.0. The molecule has 4 aromatic rings. The number of oxime groups is 1. The Bertz CT molecular complexity index is 2470. The summed E-state index contributed by atoms with van der Waals surface area (Å²) in [5.41, 5.74) is 4.04. The quantitative estimate of drug-likeness (QED) is 0.0347. The van der Waals surface area contributed by atoms with Gasteiger partial charge in [0, 0.05) is 43.7 Å². The molecule has 0 radical (unpaired) electrons. The van der Waals surface area contributed by atoms with Gasteiger partial charge in [0.15, 0.2) is 0 Å². The number of carbonyl (C=O) groups is 2. The Morgan fingerprint density at radius 1 is 0.900 bits per heavy atom. The number of allylic oxidation sites excluding steroid dienone is 1. The fourth-order valence-electron chi connectivity index (χ4n) is 10.0. The molecule has 372 valence electrons. The fourth-order valence-corrected chi connectivity index (χ4v) is 10.0. The summed E-state index contributed by atoms with van der Waals surface area (Å²) in [6, 6.07) is 24.9. The summed E-state index contributed by atoms with van der Waals surface area (Å²) in [6.45, 7) is 8.13. The SMILES string of the molecule is C=CCCOC(=O)N(Cc1ccc(F)cc1)C1CC(=NOCc2ccccc2)C2=CC(CCCCO)C(CCCCO)C3c4cc(OC(=O)Nc5ccc(OC)cc5OC)ccc4OC1(OCC=C)C23. The standard InChI is InChI=1S/C55H64FN3O11/c1-5-7-30-66-54(63)59(35-37-19-21-40(56)22-20-37)50-34-47(58-68-36-38-15-9-8-10-16-38)44-31-39(17-11-13-27-60)43(18-12-14-28-61)51-45-32-42(24-26-48(45)70-55(50,52(44)51)67-29-6-2)69-53(62)57-46-25-23-41(64-3)33-49(46)65-4/h5-6,8-10,15-16,19-26,31-33,39,43,50-52,60-61H,1-2,7,11-14,17-18,27-30,34-36H2,3-4H3,(H,57,62). The number of rotatable bonds is 24. The van der Waals surface area contributed by atoms with Crippen LogP contribution in [0.5, 0.6) is 23.0 Å². The van der Waals surface area contributed by atoms with Gasteiger partial charge in [-0.1, -0.05) is 78.7 Å². The Morgan fingerprint density at radius 3 is 2.37 bits per heavy atom. The molecular formula is C55H64FN3O11. The number of aliphatic hydroxyl groups is 2. The molecule has 1 heterocycles. The normalized spacial score (nSPS) is 21.5. The second-order valence-corrected chi connectivity index (χ2v) is 17.6. The molecule has 1 saturated carbocycles. The Labute approximate surface area is 409 Å². The predicted octanol–water partition coefficient (Wildman–Crippen LogP) is 10.5. The molecule has 70 heavy (non-hydrogen) atoms. The van der Waals surface area contributed by atoms with Gasteiger partial charge in [0.1, 0.15) is 41.5 Å². The Morgan fingerprint density at radius 2 is 1.66 bits per heavy atom. The van der Waals surface area contributed by atoms with Crippen molar-refractivity contribution in [3.63, 3.8) is 0 Å². The van der Waals surface area contributed by atoms with Gasteiger partial charge < -0.3 is 43.5 Å². The van der Waals surface area contributed by atoms with Crippen LogP contribution >= 0.6 is 0 Å². The zero-order valence-corrected chi connectivity index (χ0v) is 39.9. The molecule has 7 rings (SSSR count). The maximum atomic E-state index is 14.7. The van der Waals surface area contributed by atoms with Gasteiger partial charge in [-0.25, -0.2) is 14.0 Å². The van der Waals surface area contributed by atoms with Crippen LogP contribution in [-0.2, 0) is 27.5 Å². The van der Waals surface area contributed by atoms with Crippen molar-refractivity contribution in [2.24, 2.45) is 22.9 Å². The summed E-state index contributed by atoms with van der Waals surface area (Å²) in [4.78, 5) is 36.2. The topological polar surface area (TPSA) is 167 Å². The van der Waals surface area contributed by atoms with Crippen molar-refractivity contribution in [3.8, 4) is 23.0 Å². The highest BCUT2D eigenvalue weighted by Gasteiger charge is 2.65. The van der Waals surface area contributed by atoms with Crippen molar-refractivity contribution < 1.29 is 57.5 Å². The van der Waals surface area contributed by atoms with E-state index in [1.165, 1.54) is 26.4 Å². The van der Waals surface area contributed by atoms with Gasteiger partial charge in [0.25, 0.3) is 0 Å². The van der Waals surface area contributed by atoms with E-state index in [9.17, 15) is 24.2 Å². The van der Waals surface area contributed by atoms with Crippen molar-refractivity contribution in [2.75, 3.05) is 46.0 Å². The number of unbranched alkanes of at least 4 members (excludes halogenated alkanes) is 2. The zero-order valence-electron chi connectivity index (χ0n) is 39.9. The number of carbonyl (C=O) groups excluding carboxylic acids is 2. The molecular weight excluding hydrogens is 898 g/mol. The van der Waals surface area contributed by atoms with E-state index in [0.29, 0.717) is 66.3 Å². The summed E-state index contributed by atoms with van der Waals surface area (Å²) >= 11 is 0. The minimum atomic E-state index is -1.62. The molecule has 14 nitrogen and oxygen atoms in total. The first-order valence-electron chi connectivity index (χ1n) is 23.9. The number of aliphatic hydroxyl groups excluding tert-OH is 2. The second-order valence-electron chi connectivity index (χ2n) is 17.6. The van der Waals surface area contributed by atoms with Crippen molar-refractivity contribution in [2.45, 2.75) is 82.3 Å². The first-order chi connectivity index (χ1) is 34.2. The smallest absolute Gasteiger partial charge is 0.417 e. The number of nitrogens with one attached hydrogen (secondary N) is 1. The third-order valence-electron chi connectivity index (χ3n) is 13.2. The maximum absolute atomic E-state index is 14.7. The molecule has 3 N–H and O–H groups in total. The highest BCUT2D eigenvalue weighted by atomic mass is 19.1. The highest BCUT2D eigenvalue weighted by Crippen LogP contribution is 2.62. The van der Waals surface area contributed by atoms with E-state index in [0.717, 1.165) is 29.5 Å². The van der Waals surface area contributed by atoms with Gasteiger partial charge in [-0.15, -0.1) is 13.2 Å². The van der Waals surface area contributed by atoms with Gasteiger partial charge >= 0.3 is 12.2 Å². The number of hydrogen-bond acceptors (Lipinski definition) is 12. The number of ether oxygens (including phenoxy) is 6. The molecule has 15 heteroatoms. The van der Waals surface area contributed by atoms with Gasteiger partial charge in [-0.3, -0.25) is 10.2 Å². The van der Waals surface area contributed by atoms with Crippen LogP contribution in [0.1, 0.15) is 74.0 Å². The van der Waals surface area contributed by atoms with E-state index in [1.807, 2.05) is 36.4 Å². The molecule has 0 spiro atoms. The monoisotopic (exact) mass is 961 g/mol. The summed E-state index contributed by atoms with van der Waals surface area (Å²) in [7, 11) is 3.03. The predicted molar refractivity (Wildman–Crippen MR) is 263 cm³/mol. The van der Waals surface area contributed by atoms with Gasteiger partial charge in [-0.05, 0) is 103 Å². The Balaban J connectivity index is 1.42. The zero-order chi connectivity index (χ0) is 49.5. The minimum absolute atomic E-state index is 0.00748. The summed E-state index contributed by atoms with van der Waals surface area (Å²) < 4.78 is 51.6. The van der Waals surface area contributed by atoms with E-state index in [2.05, 4.69) is 24.6 Å². The molecule has 4 aromatic carbocycles. The van der Waals surface area contributed by atoms with E-state index in [-0.39, 0.29) is 63.6 Å².